The number of ether oxygens (including phenoxy) is 2. The number of carbonyl (C=O) groups is 1. The van der Waals surface area contributed by atoms with Crippen LogP contribution in [0, 0.1) is 0 Å². The zero-order chi connectivity index (χ0) is 18.4. The Morgan fingerprint density at radius 3 is 2.28 bits per heavy atom. The van der Waals surface area contributed by atoms with Gasteiger partial charge in [-0.2, -0.15) is 17.6 Å². The molecule has 0 aromatic heterocycles. The minimum absolute atomic E-state index is 0.0604. The summed E-state index contributed by atoms with van der Waals surface area (Å²) in [5, 5.41) is 2.54. The molecule has 0 aliphatic heterocycles. The molecular weight excluding hydrogens is 362 g/mol. The highest BCUT2D eigenvalue weighted by Gasteiger charge is 2.15. The van der Waals surface area contributed by atoms with E-state index in [1.807, 2.05) is 0 Å². The van der Waals surface area contributed by atoms with Gasteiger partial charge in [0.1, 0.15) is 0 Å². The molecule has 0 radical (unpaired) electrons. The number of rotatable bonds is 7. The van der Waals surface area contributed by atoms with Gasteiger partial charge in [-0.3, -0.25) is 4.79 Å². The summed E-state index contributed by atoms with van der Waals surface area (Å²) < 4.78 is 58.6. The van der Waals surface area contributed by atoms with Gasteiger partial charge >= 0.3 is 6.61 Å². The van der Waals surface area contributed by atoms with Crippen LogP contribution in [0.1, 0.15) is 10.4 Å². The number of hydrogen-bond acceptors (Lipinski definition) is 4. The number of halogens is 4. The molecule has 0 heterocycles. The molecule has 0 spiro atoms. The zero-order valence-electron chi connectivity index (χ0n) is 12.8. The van der Waals surface area contributed by atoms with E-state index in [1.54, 1.807) is 0 Å². The van der Waals surface area contributed by atoms with Crippen molar-refractivity contribution in [2.45, 2.75) is 17.3 Å². The fourth-order valence-corrected chi connectivity index (χ4v) is 2.43. The van der Waals surface area contributed by atoms with Crippen molar-refractivity contribution in [1.82, 2.24) is 0 Å². The van der Waals surface area contributed by atoms with Crippen LogP contribution in [0.4, 0.5) is 23.2 Å². The smallest absolute Gasteiger partial charge is 0.387 e. The van der Waals surface area contributed by atoms with Gasteiger partial charge in [0, 0.05) is 16.1 Å². The number of benzene rings is 2. The molecule has 2 aromatic carbocycles. The van der Waals surface area contributed by atoms with Crippen LogP contribution in [-0.4, -0.2) is 25.4 Å². The van der Waals surface area contributed by atoms with Gasteiger partial charge in [-0.25, -0.2) is 0 Å². The van der Waals surface area contributed by atoms with Crippen LogP contribution < -0.4 is 14.8 Å². The van der Waals surface area contributed by atoms with E-state index in [4.69, 9.17) is 4.74 Å². The normalized spacial score (nSPS) is 10.8. The second kappa shape index (κ2) is 8.61. The van der Waals surface area contributed by atoms with E-state index >= 15 is 0 Å². The Kier molecular flexibility index (Phi) is 6.51. The lowest BCUT2D eigenvalue weighted by atomic mass is 10.2. The van der Waals surface area contributed by atoms with Gasteiger partial charge in [-0.1, -0.05) is 11.8 Å². The molecule has 134 valence electrons. The van der Waals surface area contributed by atoms with Gasteiger partial charge in [0.15, 0.2) is 11.5 Å². The van der Waals surface area contributed by atoms with Crippen molar-refractivity contribution in [3.8, 4) is 11.5 Å². The Morgan fingerprint density at radius 2 is 1.72 bits per heavy atom. The molecule has 4 nitrogen and oxygen atoms in total. The molecule has 0 fully saturated rings. The van der Waals surface area contributed by atoms with Crippen molar-refractivity contribution in [2.24, 2.45) is 0 Å². The molecule has 0 unspecified atom stereocenters. The van der Waals surface area contributed by atoms with E-state index < -0.39 is 18.3 Å². The average Bonchev–Trinajstić information content (AvgIpc) is 2.55. The van der Waals surface area contributed by atoms with Crippen LogP contribution in [0.15, 0.2) is 47.4 Å². The van der Waals surface area contributed by atoms with E-state index in [-0.39, 0.29) is 17.1 Å². The summed E-state index contributed by atoms with van der Waals surface area (Å²) in [5.41, 5.74) is 0.443. The first-order valence-corrected chi connectivity index (χ1v) is 7.76. The number of nitrogens with one attached hydrogen (secondary N) is 1. The Hall–Kier alpha value is -2.42. The Balaban J connectivity index is 2.12. The predicted molar refractivity (Wildman–Crippen MR) is 85.9 cm³/mol. The maximum Gasteiger partial charge on any atom is 0.387 e. The highest BCUT2D eigenvalue weighted by molar-refractivity contribution is 7.99. The quantitative estimate of drug-likeness (QED) is 0.554. The van der Waals surface area contributed by atoms with Gasteiger partial charge in [0.05, 0.1) is 7.11 Å². The Labute approximate surface area is 145 Å². The van der Waals surface area contributed by atoms with Crippen molar-refractivity contribution in [3.05, 3.63) is 48.0 Å². The first-order valence-electron chi connectivity index (χ1n) is 6.88. The van der Waals surface area contributed by atoms with Gasteiger partial charge < -0.3 is 14.8 Å². The van der Waals surface area contributed by atoms with Crippen LogP contribution in [0.2, 0.25) is 0 Å². The lowest BCUT2D eigenvalue weighted by molar-refractivity contribution is -0.0512. The molecule has 0 saturated heterocycles. The van der Waals surface area contributed by atoms with Crippen molar-refractivity contribution in [1.29, 1.82) is 0 Å². The molecule has 0 atom stereocenters. The maximum atomic E-state index is 12.4. The monoisotopic (exact) mass is 375 g/mol. The maximum absolute atomic E-state index is 12.4. The molecule has 2 aromatic rings. The highest BCUT2D eigenvalue weighted by Crippen LogP contribution is 2.30. The molecular formula is C16H13F4NO3S. The minimum atomic E-state index is -3.06. The van der Waals surface area contributed by atoms with Gasteiger partial charge in [0.25, 0.3) is 11.7 Å². The van der Waals surface area contributed by atoms with Crippen molar-refractivity contribution in [2.75, 3.05) is 12.4 Å². The zero-order valence-corrected chi connectivity index (χ0v) is 13.7. The summed E-state index contributed by atoms with van der Waals surface area (Å²) >= 11 is 0.387. The number of methoxy groups -OCH3 is 1. The van der Waals surface area contributed by atoms with Gasteiger partial charge in [-0.05, 0) is 42.5 Å². The third-order valence-corrected chi connectivity index (χ3v) is 3.70. The Morgan fingerprint density at radius 1 is 1.04 bits per heavy atom. The third-order valence-electron chi connectivity index (χ3n) is 2.98. The molecule has 0 aliphatic carbocycles. The van der Waals surface area contributed by atoms with Crippen LogP contribution in [0.25, 0.3) is 0 Å². The molecule has 1 amide bonds. The van der Waals surface area contributed by atoms with E-state index in [0.717, 1.165) is 6.07 Å². The SMILES string of the molecule is COc1ccc(C(=O)Nc2ccc(SC(F)F)cc2)cc1OC(F)F. The second-order valence-corrected chi connectivity index (χ2v) is 5.66. The summed E-state index contributed by atoms with van der Waals surface area (Å²) in [4.78, 5) is 12.5. The predicted octanol–water partition coefficient (Wildman–Crippen LogP) is 4.86. The Bertz CT molecular complexity index is 726. The van der Waals surface area contributed by atoms with Crippen LogP contribution in [0.5, 0.6) is 11.5 Å². The second-order valence-electron chi connectivity index (χ2n) is 4.60. The molecule has 2 rings (SSSR count). The van der Waals surface area contributed by atoms with Crippen LogP contribution in [0.3, 0.4) is 0 Å². The van der Waals surface area contributed by atoms with Crippen molar-refractivity contribution >= 4 is 23.4 Å². The molecule has 25 heavy (non-hydrogen) atoms. The summed E-state index contributed by atoms with van der Waals surface area (Å²) in [5.74, 6) is -3.32. The number of alkyl halides is 4. The summed E-state index contributed by atoms with van der Waals surface area (Å²) in [6.45, 7) is -3.06. The van der Waals surface area contributed by atoms with E-state index in [2.05, 4.69) is 10.1 Å². The molecule has 9 heteroatoms. The van der Waals surface area contributed by atoms with E-state index in [9.17, 15) is 22.4 Å². The van der Waals surface area contributed by atoms with Crippen molar-refractivity contribution in [3.63, 3.8) is 0 Å². The number of hydrogen-bond donors (Lipinski definition) is 1. The van der Waals surface area contributed by atoms with Crippen LogP contribution in [-0.2, 0) is 0 Å². The summed E-state index contributed by atoms with van der Waals surface area (Å²) in [6.07, 6.45) is 0. The summed E-state index contributed by atoms with van der Waals surface area (Å²) in [7, 11) is 1.28. The molecule has 1 N–H and O–H groups in total. The molecule has 0 aliphatic rings. The number of amides is 1. The number of anilines is 1. The lowest BCUT2D eigenvalue weighted by Gasteiger charge is -2.12. The van der Waals surface area contributed by atoms with Gasteiger partial charge in [0.2, 0.25) is 0 Å². The third kappa shape index (κ3) is 5.56. The van der Waals surface area contributed by atoms with E-state index in [0.29, 0.717) is 22.3 Å². The summed E-state index contributed by atoms with van der Waals surface area (Å²) in [6, 6.07) is 9.63. The number of carbonyl (C=O) groups excluding carboxylic acids is 1. The largest absolute Gasteiger partial charge is 0.493 e. The minimum Gasteiger partial charge on any atom is -0.493 e. The number of thioether (sulfide) groups is 1. The standard InChI is InChI=1S/C16H13F4NO3S/c1-23-12-7-2-9(8-13(12)24-15(17)18)14(22)21-10-3-5-11(6-4-10)25-16(19)20/h2-8,15-16H,1H3,(H,21,22). The molecule has 0 saturated carbocycles. The molecule has 0 bridgehead atoms. The van der Waals surface area contributed by atoms with Crippen LogP contribution >= 0.6 is 11.8 Å². The van der Waals surface area contributed by atoms with Crippen molar-refractivity contribution < 1.29 is 31.8 Å². The first-order chi connectivity index (χ1) is 11.9. The fraction of sp³-hybridized carbons (Fsp3) is 0.188. The van der Waals surface area contributed by atoms with Gasteiger partial charge in [-0.15, -0.1) is 0 Å². The first kappa shape index (κ1) is 18.9. The lowest BCUT2D eigenvalue weighted by Crippen LogP contribution is -2.12. The highest BCUT2D eigenvalue weighted by atomic mass is 32.2. The average molecular weight is 375 g/mol. The van der Waals surface area contributed by atoms with E-state index in [1.165, 1.54) is 43.5 Å². The fourth-order valence-electron chi connectivity index (χ4n) is 1.93. The topological polar surface area (TPSA) is 47.6 Å².